The van der Waals surface area contributed by atoms with Crippen molar-refractivity contribution in [1.82, 2.24) is 0 Å². The molecule has 70 valence electrons. The molecule has 0 unspecified atom stereocenters. The van der Waals surface area contributed by atoms with E-state index < -0.39 is 0 Å². The van der Waals surface area contributed by atoms with Crippen LogP contribution in [0, 0.1) is 0 Å². The number of ether oxygens (including phenoxy) is 1. The van der Waals surface area contributed by atoms with E-state index in [1.54, 1.807) is 7.11 Å². The van der Waals surface area contributed by atoms with Crippen LogP contribution in [0.15, 0.2) is 12.3 Å². The van der Waals surface area contributed by atoms with Gasteiger partial charge in [-0.1, -0.05) is 13.5 Å². The van der Waals surface area contributed by atoms with Crippen molar-refractivity contribution in [3.05, 3.63) is 12.3 Å². The van der Waals surface area contributed by atoms with Gasteiger partial charge in [0.05, 0.1) is 11.9 Å². The molecule has 0 rings (SSSR count). The van der Waals surface area contributed by atoms with Crippen LogP contribution in [0.2, 0.25) is 13.6 Å². The Morgan fingerprint density at radius 2 is 2.08 bits per heavy atom. The molecule has 0 spiro atoms. The van der Waals surface area contributed by atoms with E-state index in [1.807, 2.05) is 13.6 Å². The predicted molar refractivity (Wildman–Crippen MR) is 53.4 cm³/mol. The van der Waals surface area contributed by atoms with Gasteiger partial charge in [0.1, 0.15) is 0 Å². The summed E-state index contributed by atoms with van der Waals surface area (Å²) in [6.45, 7) is 10.1. The molecule has 12 heavy (non-hydrogen) atoms. The van der Waals surface area contributed by atoms with Crippen molar-refractivity contribution >= 4 is 6.92 Å². The Labute approximate surface area is 76.1 Å². The summed E-state index contributed by atoms with van der Waals surface area (Å²) in [7, 11) is 1.72. The minimum Gasteiger partial charge on any atom is -0.565 e. The molecule has 0 N–H and O–H groups in total. The van der Waals surface area contributed by atoms with Crippen LogP contribution < -0.4 is 0 Å². The molecular weight excluding hydrogens is 151 g/mol. The molecule has 0 aliphatic carbocycles. The lowest BCUT2D eigenvalue weighted by atomic mass is 9.75. The molecule has 0 aromatic rings. The van der Waals surface area contributed by atoms with Crippen LogP contribution in [0.3, 0.4) is 0 Å². The van der Waals surface area contributed by atoms with Gasteiger partial charge in [-0.3, -0.25) is 0 Å². The van der Waals surface area contributed by atoms with Crippen LogP contribution in [-0.2, 0) is 9.39 Å². The average molecular weight is 170 g/mol. The van der Waals surface area contributed by atoms with Crippen LogP contribution in [0.4, 0.5) is 0 Å². The fraction of sp³-hybridized carbons (Fsp3) is 0.778. The van der Waals surface area contributed by atoms with Crippen molar-refractivity contribution in [3.63, 3.8) is 0 Å². The normalized spacial score (nSPS) is 12.3. The van der Waals surface area contributed by atoms with Gasteiger partial charge < -0.3 is 9.39 Å². The number of rotatable bonds is 6. The van der Waals surface area contributed by atoms with Gasteiger partial charge >= 0.3 is 6.92 Å². The molecule has 0 aliphatic rings. The van der Waals surface area contributed by atoms with E-state index in [4.69, 9.17) is 9.39 Å². The third-order valence-electron chi connectivity index (χ3n) is 1.65. The standard InChI is InChI=1S/C9H19BO2/c1-6-9(11-5)7-8(2)12-10(3)4/h9H,2,6-7H2,1,3-5H3/t9-/m1/s1. The first-order valence-corrected chi connectivity index (χ1v) is 4.47. The van der Waals surface area contributed by atoms with E-state index in [0.717, 1.165) is 18.6 Å². The zero-order valence-electron chi connectivity index (χ0n) is 8.59. The maximum absolute atomic E-state index is 5.41. The number of hydrogen-bond acceptors (Lipinski definition) is 2. The summed E-state index contributed by atoms with van der Waals surface area (Å²) in [6.07, 6.45) is 2.04. The molecule has 2 nitrogen and oxygen atoms in total. The van der Waals surface area contributed by atoms with Gasteiger partial charge in [-0.05, 0) is 20.1 Å². The topological polar surface area (TPSA) is 18.5 Å². The van der Waals surface area contributed by atoms with E-state index in [9.17, 15) is 0 Å². The smallest absolute Gasteiger partial charge is 0.351 e. The largest absolute Gasteiger partial charge is 0.565 e. The molecule has 0 aromatic carbocycles. The zero-order chi connectivity index (χ0) is 9.56. The second-order valence-electron chi connectivity index (χ2n) is 3.18. The highest BCUT2D eigenvalue weighted by Gasteiger charge is 2.09. The van der Waals surface area contributed by atoms with Crippen LogP contribution in [0.5, 0.6) is 0 Å². The fourth-order valence-electron chi connectivity index (χ4n) is 1.03. The van der Waals surface area contributed by atoms with Gasteiger partial charge in [-0.15, -0.1) is 0 Å². The van der Waals surface area contributed by atoms with Crippen molar-refractivity contribution in [2.45, 2.75) is 39.5 Å². The fourth-order valence-corrected chi connectivity index (χ4v) is 1.03. The maximum Gasteiger partial charge on any atom is 0.351 e. The summed E-state index contributed by atoms with van der Waals surface area (Å²) < 4.78 is 10.6. The predicted octanol–water partition coefficient (Wildman–Crippen LogP) is 2.58. The van der Waals surface area contributed by atoms with E-state index in [2.05, 4.69) is 13.5 Å². The minimum absolute atomic E-state index is 0.215. The van der Waals surface area contributed by atoms with Crippen LogP contribution >= 0.6 is 0 Å². The van der Waals surface area contributed by atoms with Gasteiger partial charge in [-0.2, -0.15) is 0 Å². The third-order valence-corrected chi connectivity index (χ3v) is 1.65. The summed E-state index contributed by atoms with van der Waals surface area (Å²) in [5, 5.41) is 0. The van der Waals surface area contributed by atoms with Crippen LogP contribution in [-0.4, -0.2) is 20.1 Å². The van der Waals surface area contributed by atoms with Crippen molar-refractivity contribution in [2.75, 3.05) is 7.11 Å². The molecule has 1 atom stereocenters. The summed E-state index contributed by atoms with van der Waals surface area (Å²) in [5.41, 5.74) is 0. The quantitative estimate of drug-likeness (QED) is 0.450. The zero-order valence-corrected chi connectivity index (χ0v) is 8.59. The van der Waals surface area contributed by atoms with Crippen molar-refractivity contribution < 1.29 is 9.39 Å². The molecule has 0 amide bonds. The Hall–Kier alpha value is -0.435. The lowest BCUT2D eigenvalue weighted by molar-refractivity contribution is 0.0918. The first-order valence-electron chi connectivity index (χ1n) is 4.47. The Balaban J connectivity index is 3.66. The van der Waals surface area contributed by atoms with Gasteiger partial charge in [0, 0.05) is 13.5 Å². The highest BCUT2D eigenvalue weighted by atomic mass is 16.5. The lowest BCUT2D eigenvalue weighted by Crippen LogP contribution is -2.14. The summed E-state index contributed by atoms with van der Waals surface area (Å²) in [6, 6.07) is 0. The Bertz CT molecular complexity index is 130. The van der Waals surface area contributed by atoms with E-state index in [-0.39, 0.29) is 13.0 Å². The third kappa shape index (κ3) is 5.25. The molecule has 0 heterocycles. The first kappa shape index (κ1) is 11.6. The van der Waals surface area contributed by atoms with E-state index >= 15 is 0 Å². The summed E-state index contributed by atoms with van der Waals surface area (Å²) in [4.78, 5) is 0. The molecule has 0 fully saturated rings. The summed E-state index contributed by atoms with van der Waals surface area (Å²) in [5.74, 6) is 0.818. The van der Waals surface area contributed by atoms with Gasteiger partial charge in [-0.25, -0.2) is 0 Å². The lowest BCUT2D eigenvalue weighted by Gasteiger charge is -2.16. The Kier molecular flexibility index (Phi) is 5.90. The molecule has 0 saturated carbocycles. The molecule has 0 bridgehead atoms. The van der Waals surface area contributed by atoms with Crippen molar-refractivity contribution in [1.29, 1.82) is 0 Å². The van der Waals surface area contributed by atoms with E-state index in [0.29, 0.717) is 0 Å². The molecular formula is C9H19BO2. The highest BCUT2D eigenvalue weighted by molar-refractivity contribution is 6.48. The average Bonchev–Trinajstić information content (AvgIpc) is 1.98. The van der Waals surface area contributed by atoms with Gasteiger partial charge in [0.15, 0.2) is 0 Å². The van der Waals surface area contributed by atoms with Crippen molar-refractivity contribution in [3.8, 4) is 0 Å². The van der Waals surface area contributed by atoms with E-state index in [1.165, 1.54) is 0 Å². The SMILES string of the molecule is C=C(C[C@@H](CC)OC)OB(C)C. The highest BCUT2D eigenvalue weighted by Crippen LogP contribution is 2.11. The molecule has 3 heteroatoms. The number of hydrogen-bond donors (Lipinski definition) is 0. The Morgan fingerprint density at radius 3 is 2.42 bits per heavy atom. The second kappa shape index (κ2) is 6.12. The van der Waals surface area contributed by atoms with Crippen molar-refractivity contribution in [2.24, 2.45) is 0 Å². The van der Waals surface area contributed by atoms with Gasteiger partial charge in [0.25, 0.3) is 0 Å². The first-order chi connectivity index (χ1) is 5.60. The monoisotopic (exact) mass is 170 g/mol. The van der Waals surface area contributed by atoms with Gasteiger partial charge in [0.2, 0.25) is 0 Å². The molecule has 0 radical (unpaired) electrons. The van der Waals surface area contributed by atoms with Crippen LogP contribution in [0.25, 0.3) is 0 Å². The molecule has 0 aliphatic heterocycles. The minimum atomic E-state index is 0.215. The maximum atomic E-state index is 5.41. The van der Waals surface area contributed by atoms with Crippen LogP contribution in [0.1, 0.15) is 19.8 Å². The molecule has 0 saturated heterocycles. The second-order valence-corrected chi connectivity index (χ2v) is 3.18. The number of methoxy groups -OCH3 is 1. The Morgan fingerprint density at radius 1 is 1.50 bits per heavy atom. The molecule has 0 aromatic heterocycles. The summed E-state index contributed by atoms with van der Waals surface area (Å²) >= 11 is 0.